The molecule has 2 aromatic heterocycles. The second-order valence-corrected chi connectivity index (χ2v) is 40.0. The summed E-state index contributed by atoms with van der Waals surface area (Å²) >= 11 is 3.21. The van der Waals surface area contributed by atoms with Gasteiger partial charge in [-0.25, -0.2) is 0 Å². The second kappa shape index (κ2) is 38.3. The van der Waals surface area contributed by atoms with Crippen molar-refractivity contribution in [2.75, 3.05) is 22.9 Å². The van der Waals surface area contributed by atoms with Gasteiger partial charge in [0.25, 0.3) is 11.8 Å². The molecule has 8 heteroatoms. The summed E-state index contributed by atoms with van der Waals surface area (Å²) < 4.78 is 0. The lowest BCUT2D eigenvalue weighted by Crippen LogP contribution is -2.34. The molecule has 2 atom stereocenters. The van der Waals surface area contributed by atoms with Crippen LogP contribution >= 0.6 is 22.7 Å². The molecule has 4 aliphatic carbocycles. The van der Waals surface area contributed by atoms with Gasteiger partial charge < -0.3 is 19.6 Å². The van der Waals surface area contributed by atoms with Crippen LogP contribution < -0.4 is 9.80 Å². The predicted octanol–water partition coefficient (Wildman–Crippen LogP) is 33.3. The first-order chi connectivity index (χ1) is 63.7. The highest BCUT2D eigenvalue weighted by Gasteiger charge is 2.52. The van der Waals surface area contributed by atoms with Crippen LogP contribution in [0, 0.1) is 35.5 Å². The first kappa shape index (κ1) is 89.3. The van der Waals surface area contributed by atoms with E-state index in [1.807, 2.05) is 0 Å². The average Bonchev–Trinajstić information content (AvgIpc) is 1.58. The summed E-state index contributed by atoms with van der Waals surface area (Å²) in [5, 5.41) is 0. The number of carbonyl (C=O) groups is 2. The lowest BCUT2D eigenvalue weighted by Gasteiger charge is -2.33. The van der Waals surface area contributed by atoms with E-state index in [2.05, 4.69) is 369 Å². The zero-order chi connectivity index (χ0) is 90.0. The van der Waals surface area contributed by atoms with Gasteiger partial charge in [0.05, 0.1) is 42.0 Å². The summed E-state index contributed by atoms with van der Waals surface area (Å²) in [4.78, 5) is 45.6. The highest BCUT2D eigenvalue weighted by Crippen LogP contribution is 2.61. The van der Waals surface area contributed by atoms with Crippen molar-refractivity contribution in [1.29, 1.82) is 0 Å². The Morgan fingerprint density at radius 3 is 0.831 bits per heavy atom. The number of hydrogen-bond acceptors (Lipinski definition) is 6. The molecular formula is C122H130N4O2S2. The van der Waals surface area contributed by atoms with Gasteiger partial charge in [-0.05, 0) is 299 Å². The van der Waals surface area contributed by atoms with Gasteiger partial charge in [0.1, 0.15) is 0 Å². The molecule has 0 spiro atoms. The van der Waals surface area contributed by atoms with Crippen LogP contribution in [0.25, 0.3) is 55.9 Å². The van der Waals surface area contributed by atoms with Gasteiger partial charge in [0.15, 0.2) is 0 Å². The quantitative estimate of drug-likeness (QED) is 0.0290. The van der Waals surface area contributed by atoms with E-state index in [4.69, 9.17) is 0 Å². The molecule has 4 heterocycles. The largest absolute Gasteiger partial charge is 0.310 e. The Morgan fingerprint density at radius 2 is 0.546 bits per heavy atom. The number of hydrogen-bond donors (Lipinski definition) is 0. The van der Waals surface area contributed by atoms with E-state index in [0.717, 1.165) is 205 Å². The van der Waals surface area contributed by atoms with Gasteiger partial charge in [0.2, 0.25) is 0 Å². The number of fused-ring (bicyclic) bond motifs is 13. The maximum atomic E-state index is 16.5. The van der Waals surface area contributed by atoms with E-state index in [0.29, 0.717) is 24.2 Å². The number of rotatable bonds is 36. The topological polar surface area (TPSA) is 47.1 Å². The van der Waals surface area contributed by atoms with Gasteiger partial charge >= 0.3 is 0 Å². The molecule has 18 rings (SSSR count). The van der Waals surface area contributed by atoms with Crippen molar-refractivity contribution in [3.63, 3.8) is 0 Å². The van der Waals surface area contributed by atoms with Gasteiger partial charge in [0, 0.05) is 80.0 Å². The van der Waals surface area contributed by atoms with Gasteiger partial charge in [-0.1, -0.05) is 305 Å². The molecule has 0 bridgehead atoms. The molecule has 0 saturated carbocycles. The van der Waals surface area contributed by atoms with E-state index in [1.54, 1.807) is 22.7 Å². The molecule has 10 aromatic carbocycles. The van der Waals surface area contributed by atoms with E-state index in [9.17, 15) is 0 Å². The van der Waals surface area contributed by atoms with Gasteiger partial charge in [-0.2, -0.15) is 0 Å². The lowest BCUT2D eigenvalue weighted by molar-refractivity contribution is -0.124. The third kappa shape index (κ3) is 15.6. The maximum absolute atomic E-state index is 16.5. The Labute approximate surface area is 784 Å². The highest BCUT2D eigenvalue weighted by atomic mass is 32.1. The minimum Gasteiger partial charge on any atom is -0.310 e. The average molecular weight is 1750 g/mol. The zero-order valence-electron chi connectivity index (χ0n) is 79.1. The molecule has 130 heavy (non-hydrogen) atoms. The highest BCUT2D eigenvalue weighted by molar-refractivity contribution is 7.14. The summed E-state index contributed by atoms with van der Waals surface area (Å²) in [6, 6.07) is 91.5. The standard InChI is InChI=1S/C122H130N4O2S2/c1-13-25-29-31-43-85(41-27-15-3)81-123-115(111-75-69-93(129-111)67-57-83-53-59-87(60-54-83)125(89-63-71-99-95-45-33-37-49-103(95)119(17-5,18-6)107(99)77-89)90-64-72-100-96-46-34-38-50-104(96)120(19-7,20-8)108(100)78-90)113-114(117(123)127)116(124(118(113)128)82-86(42-28-16-4)44-32-30-26-14-2)112-76-70-94(130-112)68-58-84-55-61-88(62-56-84)126(91-65-73-101-97-47-35-39-51-105(97)121(21-9,22-10)109(101)79-91)92-66-74-102-98-48-36-40-52-106(98)122(23-11,24-12)110(102)80-92/h33-40,45-56,59-66,69-80,85-86H,13-32,41-44,81-82H2,1-12H3. The van der Waals surface area contributed by atoms with Crippen LogP contribution in [0.5, 0.6) is 0 Å². The van der Waals surface area contributed by atoms with Crippen LogP contribution in [0.3, 0.4) is 0 Å². The summed E-state index contributed by atoms with van der Waals surface area (Å²) in [6.45, 7) is 29.1. The fourth-order valence-corrected chi connectivity index (χ4v) is 26.0. The molecule has 12 aromatic rings. The van der Waals surface area contributed by atoms with E-state index >= 15 is 9.59 Å². The van der Waals surface area contributed by atoms with Gasteiger partial charge in [-0.3, -0.25) is 9.59 Å². The minimum atomic E-state index is -0.0928. The zero-order valence-corrected chi connectivity index (χ0v) is 80.7. The number of benzene rings is 10. The number of unbranched alkanes of at least 4 members (excludes halogenated alkanes) is 8. The fourth-order valence-electron chi connectivity index (χ4n) is 24.1. The maximum Gasteiger partial charge on any atom is 0.261 e. The van der Waals surface area contributed by atoms with Crippen LogP contribution in [-0.2, 0) is 31.2 Å². The van der Waals surface area contributed by atoms with Crippen LogP contribution in [-0.4, -0.2) is 34.7 Å². The SMILES string of the molecule is CCCCCCC(CCCC)CN1C(=O)C2=C(c3ccc(C#Cc4ccc(N(c5ccc6c(c5)C(CC)(CC)c5ccccc5-6)c5ccc6c(c5)C(CC)(CC)c5ccccc5-6)cc4)s3)N(CC(CCCC)CCCCCC)C(=O)C2=C1c1ccc(C#Cc2ccc(N(c3ccc4c(c3)C(CC)(CC)c3ccccc3-4)c3ccc4c(c3)C(CC)(CC)c3ccccc3-4)cc2)s1. The Balaban J connectivity index is 0.704. The smallest absolute Gasteiger partial charge is 0.261 e. The van der Waals surface area contributed by atoms with Crippen LogP contribution in [0.15, 0.2) is 254 Å². The van der Waals surface area contributed by atoms with Crippen LogP contribution in [0.4, 0.5) is 34.1 Å². The molecule has 2 amide bonds. The molecule has 6 nitrogen and oxygen atoms in total. The predicted molar refractivity (Wildman–Crippen MR) is 551 cm³/mol. The summed E-state index contributed by atoms with van der Waals surface area (Å²) in [7, 11) is 0. The first-order valence-electron chi connectivity index (χ1n) is 49.8. The molecule has 2 aliphatic heterocycles. The molecule has 0 fully saturated rings. The van der Waals surface area contributed by atoms with Crippen molar-refractivity contribution in [3.8, 4) is 68.2 Å². The minimum absolute atomic E-state index is 0.0653. The van der Waals surface area contributed by atoms with Crippen molar-refractivity contribution in [1.82, 2.24) is 9.80 Å². The summed E-state index contributed by atoms with van der Waals surface area (Å²) in [5.41, 5.74) is 32.8. The molecule has 0 saturated heterocycles. The van der Waals surface area contributed by atoms with Crippen LogP contribution in [0.2, 0.25) is 0 Å². The summed E-state index contributed by atoms with van der Waals surface area (Å²) in [5.74, 6) is 15.0. The number of carbonyl (C=O) groups excluding carboxylic acids is 2. The third-order valence-corrected chi connectivity index (χ3v) is 33.4. The Bertz CT molecular complexity index is 5810. The molecule has 2 unspecified atom stereocenters. The summed E-state index contributed by atoms with van der Waals surface area (Å²) in [6.07, 6.45) is 25.8. The third-order valence-electron chi connectivity index (χ3n) is 31.4. The van der Waals surface area contributed by atoms with Crippen molar-refractivity contribution >= 4 is 80.0 Å². The molecule has 0 radical (unpaired) electrons. The Morgan fingerprint density at radius 1 is 0.277 bits per heavy atom. The molecule has 662 valence electrons. The fraction of sp³-hybridized carbons (Fsp3) is 0.361. The molecule has 6 aliphatic rings. The molecular weight excluding hydrogens is 1620 g/mol. The Hall–Kier alpha value is -11.3. The van der Waals surface area contributed by atoms with Crippen molar-refractivity contribution in [2.45, 2.75) is 259 Å². The van der Waals surface area contributed by atoms with Gasteiger partial charge in [-0.15, -0.1) is 22.7 Å². The Kier molecular flexibility index (Phi) is 26.3. The van der Waals surface area contributed by atoms with E-state index in [1.165, 1.54) is 115 Å². The monoisotopic (exact) mass is 1750 g/mol. The van der Waals surface area contributed by atoms with E-state index < -0.39 is 0 Å². The van der Waals surface area contributed by atoms with Crippen molar-refractivity contribution < 1.29 is 9.59 Å². The second-order valence-electron chi connectivity index (χ2n) is 37.8. The number of nitrogens with zero attached hydrogens (tertiary/aromatic N) is 4. The number of thiophene rings is 2. The normalized spacial score (nSPS) is 15.6. The van der Waals surface area contributed by atoms with E-state index in [-0.39, 0.29) is 45.3 Å². The number of anilines is 6. The molecule has 0 N–H and O–H groups in total. The van der Waals surface area contributed by atoms with Crippen molar-refractivity contribution in [2.24, 2.45) is 11.8 Å². The first-order valence-corrected chi connectivity index (χ1v) is 51.5. The van der Waals surface area contributed by atoms with Crippen LogP contribution in [0.1, 0.15) is 312 Å². The lowest BCUT2D eigenvalue weighted by atomic mass is 9.73. The number of amides is 2. The van der Waals surface area contributed by atoms with Crippen molar-refractivity contribution in [3.05, 3.63) is 329 Å².